The molecule has 0 amide bonds. The molecule has 0 aromatic heterocycles. The highest BCUT2D eigenvalue weighted by molar-refractivity contribution is 7.00. The van der Waals surface area contributed by atoms with Crippen LogP contribution in [0.4, 0.5) is 34.1 Å². The summed E-state index contributed by atoms with van der Waals surface area (Å²) in [5.41, 5.74) is 9.14. The van der Waals surface area contributed by atoms with E-state index in [0.29, 0.717) is 33.9 Å². The van der Waals surface area contributed by atoms with Crippen molar-refractivity contribution in [3.8, 4) is 0 Å². The third-order valence-electron chi connectivity index (χ3n) is 10.2. The van der Waals surface area contributed by atoms with Crippen molar-refractivity contribution in [2.45, 2.75) is 112 Å². The minimum Gasteiger partial charge on any atom is -0.311 e. The Morgan fingerprint density at radius 1 is 0.500 bits per heavy atom. The van der Waals surface area contributed by atoms with Crippen molar-refractivity contribution >= 4 is 57.2 Å². The Hall–Kier alpha value is -4.24. The SMILES string of the molecule is [2H]c1cc(N2c3cc(C([2H])([2H])[2H])cc4c3B(c3ccccc3N4c3cc(C(C)(C)C)cc(C(C)(C)C)c3)c3c2cc([2H])c(C(C)(C)C)c3[2H])cc([2H])c1C(C)(C)C. The zero-order valence-electron chi connectivity index (χ0n) is 38.9. The van der Waals surface area contributed by atoms with Gasteiger partial charge in [0.15, 0.2) is 0 Å². The van der Waals surface area contributed by atoms with Crippen LogP contribution in [-0.2, 0) is 21.7 Å². The van der Waals surface area contributed by atoms with Crippen molar-refractivity contribution in [1.29, 1.82) is 0 Å². The van der Waals surface area contributed by atoms with Gasteiger partial charge in [-0.2, -0.15) is 0 Å². The summed E-state index contributed by atoms with van der Waals surface area (Å²) in [6.07, 6.45) is 0. The molecular weight excluding hydrogens is 603 g/mol. The summed E-state index contributed by atoms with van der Waals surface area (Å²) in [7, 11) is 0. The summed E-state index contributed by atoms with van der Waals surface area (Å²) in [5.74, 6) is 0. The fraction of sp³-hybridized carbons (Fsp3) is 0.362. The van der Waals surface area contributed by atoms with Crippen molar-refractivity contribution in [3.05, 3.63) is 125 Å². The van der Waals surface area contributed by atoms with Crippen molar-refractivity contribution in [2.24, 2.45) is 0 Å². The molecule has 0 N–H and O–H groups in total. The first kappa shape index (κ1) is 26.6. The van der Waals surface area contributed by atoms with Crippen LogP contribution in [0.3, 0.4) is 0 Å². The van der Waals surface area contributed by atoms with Gasteiger partial charge in [-0.15, -0.1) is 0 Å². The van der Waals surface area contributed by atoms with E-state index in [4.69, 9.17) is 4.11 Å². The van der Waals surface area contributed by atoms with E-state index in [1.807, 2.05) is 58.6 Å². The van der Waals surface area contributed by atoms with Crippen LogP contribution in [0.15, 0.2) is 97.0 Å². The summed E-state index contributed by atoms with van der Waals surface area (Å²) < 4.78 is 64.2. The molecule has 2 nitrogen and oxygen atoms in total. The molecule has 50 heavy (non-hydrogen) atoms. The van der Waals surface area contributed by atoms with Crippen LogP contribution in [0, 0.1) is 6.85 Å². The summed E-state index contributed by atoms with van der Waals surface area (Å²) >= 11 is 0. The standard InChI is InChI=1S/C47H55BN2/c1-30-24-41-43-42(25-30)50(36-27-33(46(8,9)10)26-34(28-36)47(11,12)13)39-17-15-14-16-37(39)48(43)38-29-32(45(5,6)7)20-23-40(38)49(41)35-21-18-31(19-22-35)44(2,3)4/h14-29H,1-13H3/i1D3,18D,19D,20D,29D. The summed E-state index contributed by atoms with van der Waals surface area (Å²) in [4.78, 5) is 4.12. The fourth-order valence-electron chi connectivity index (χ4n) is 7.30. The third kappa shape index (κ3) is 5.77. The molecular formula is C47H55BN2. The average molecular weight is 666 g/mol. The Balaban J connectivity index is 1.68. The van der Waals surface area contributed by atoms with Crippen LogP contribution in [0.1, 0.15) is 120 Å². The molecule has 5 aromatic rings. The average Bonchev–Trinajstić information content (AvgIpc) is 3.04. The molecule has 0 aliphatic carbocycles. The molecule has 2 heterocycles. The molecule has 0 spiro atoms. The summed E-state index contributed by atoms with van der Waals surface area (Å²) in [6.45, 7) is 22.4. The third-order valence-corrected chi connectivity index (χ3v) is 10.2. The monoisotopic (exact) mass is 665 g/mol. The zero-order chi connectivity index (χ0) is 42.1. The Labute approximate surface area is 312 Å². The molecule has 2 aliphatic rings. The van der Waals surface area contributed by atoms with Gasteiger partial charge in [-0.3, -0.25) is 0 Å². The number of fused-ring (bicyclic) bond motifs is 4. The minimum absolute atomic E-state index is 0.155. The van der Waals surface area contributed by atoms with E-state index in [2.05, 4.69) is 76.8 Å². The highest BCUT2D eigenvalue weighted by Crippen LogP contribution is 2.46. The topological polar surface area (TPSA) is 6.48 Å². The lowest BCUT2D eigenvalue weighted by atomic mass is 9.33. The van der Waals surface area contributed by atoms with Gasteiger partial charge in [-0.25, -0.2) is 0 Å². The predicted molar refractivity (Wildman–Crippen MR) is 220 cm³/mol. The maximum atomic E-state index is 10.0. The Morgan fingerprint density at radius 3 is 1.54 bits per heavy atom. The lowest BCUT2D eigenvalue weighted by Crippen LogP contribution is -2.61. The second-order valence-electron chi connectivity index (χ2n) is 18.3. The van der Waals surface area contributed by atoms with E-state index in [9.17, 15) is 5.48 Å². The molecule has 0 saturated carbocycles. The van der Waals surface area contributed by atoms with Crippen molar-refractivity contribution in [2.75, 3.05) is 9.80 Å². The van der Waals surface area contributed by atoms with E-state index < -0.39 is 24.4 Å². The van der Waals surface area contributed by atoms with Crippen LogP contribution in [-0.4, -0.2) is 6.71 Å². The highest BCUT2D eigenvalue weighted by Gasteiger charge is 2.44. The molecule has 256 valence electrons. The first-order valence-electron chi connectivity index (χ1n) is 21.4. The van der Waals surface area contributed by atoms with E-state index in [1.54, 1.807) is 30.3 Å². The smallest absolute Gasteiger partial charge is 0.252 e. The van der Waals surface area contributed by atoms with Gasteiger partial charge in [0, 0.05) is 38.2 Å². The maximum Gasteiger partial charge on any atom is 0.252 e. The lowest BCUT2D eigenvalue weighted by molar-refractivity contribution is 0.569. The van der Waals surface area contributed by atoms with Crippen LogP contribution < -0.4 is 26.2 Å². The second-order valence-corrected chi connectivity index (χ2v) is 18.3. The molecule has 5 aromatic carbocycles. The van der Waals surface area contributed by atoms with E-state index >= 15 is 0 Å². The summed E-state index contributed by atoms with van der Waals surface area (Å²) in [5, 5.41) is 0. The van der Waals surface area contributed by atoms with Crippen molar-refractivity contribution in [3.63, 3.8) is 0 Å². The van der Waals surface area contributed by atoms with Crippen molar-refractivity contribution < 1.29 is 9.60 Å². The van der Waals surface area contributed by atoms with Gasteiger partial charge in [-0.1, -0.05) is 132 Å². The Morgan fingerprint density at radius 2 is 1.00 bits per heavy atom. The molecule has 0 unspecified atom stereocenters. The first-order chi connectivity index (χ1) is 26.1. The van der Waals surface area contributed by atoms with Crippen LogP contribution in [0.5, 0.6) is 0 Å². The molecule has 2 aliphatic heterocycles. The fourth-order valence-corrected chi connectivity index (χ4v) is 7.30. The molecule has 3 heteroatoms. The molecule has 0 fully saturated rings. The number of anilines is 6. The molecule has 0 atom stereocenters. The Kier molecular flexibility index (Phi) is 6.05. The van der Waals surface area contributed by atoms with Crippen LogP contribution in [0.25, 0.3) is 0 Å². The lowest BCUT2D eigenvalue weighted by Gasteiger charge is -2.45. The maximum absolute atomic E-state index is 10.0. The first-order valence-corrected chi connectivity index (χ1v) is 17.9. The van der Waals surface area contributed by atoms with Gasteiger partial charge in [0.1, 0.15) is 0 Å². The summed E-state index contributed by atoms with van der Waals surface area (Å²) in [6, 6.07) is 24.7. The number of aryl methyl sites for hydroxylation is 1. The number of nitrogens with zero attached hydrogens (tertiary/aromatic N) is 2. The normalized spacial score (nSPS) is 16.6. The highest BCUT2D eigenvalue weighted by atomic mass is 15.2. The molecule has 0 bridgehead atoms. The van der Waals surface area contributed by atoms with Gasteiger partial charge in [0.05, 0.1) is 5.48 Å². The van der Waals surface area contributed by atoms with Crippen LogP contribution >= 0.6 is 0 Å². The number of para-hydroxylation sites is 1. The largest absolute Gasteiger partial charge is 0.311 e. The predicted octanol–water partition coefficient (Wildman–Crippen LogP) is 11.3. The van der Waals surface area contributed by atoms with Gasteiger partial charge in [0.25, 0.3) is 6.71 Å². The van der Waals surface area contributed by atoms with E-state index in [1.165, 1.54) is 0 Å². The number of hydrogen-bond acceptors (Lipinski definition) is 2. The van der Waals surface area contributed by atoms with Gasteiger partial charge >= 0.3 is 0 Å². The van der Waals surface area contributed by atoms with Crippen molar-refractivity contribution in [1.82, 2.24) is 0 Å². The number of rotatable bonds is 2. The quantitative estimate of drug-likeness (QED) is 0.170. The minimum atomic E-state index is -2.48. The van der Waals surface area contributed by atoms with Gasteiger partial charge in [-0.05, 0) is 121 Å². The second kappa shape index (κ2) is 11.4. The number of hydrogen-bond donors (Lipinski definition) is 0. The van der Waals surface area contributed by atoms with E-state index in [-0.39, 0.29) is 40.6 Å². The molecule has 0 radical (unpaired) electrons. The molecule has 0 saturated heterocycles. The van der Waals surface area contributed by atoms with Gasteiger partial charge in [0.2, 0.25) is 0 Å². The zero-order valence-corrected chi connectivity index (χ0v) is 31.9. The van der Waals surface area contributed by atoms with E-state index in [0.717, 1.165) is 38.9 Å². The number of benzene rings is 5. The van der Waals surface area contributed by atoms with Gasteiger partial charge < -0.3 is 9.80 Å². The Bertz CT molecular complexity index is 2400. The molecule has 7 rings (SSSR count). The van der Waals surface area contributed by atoms with Crippen LogP contribution in [0.2, 0.25) is 0 Å².